The van der Waals surface area contributed by atoms with Gasteiger partial charge in [0.1, 0.15) is 0 Å². The van der Waals surface area contributed by atoms with Gasteiger partial charge < -0.3 is 10.2 Å². The van der Waals surface area contributed by atoms with Crippen molar-refractivity contribution >= 4 is 17.5 Å². The van der Waals surface area contributed by atoms with Crippen molar-refractivity contribution < 1.29 is 9.59 Å². The number of benzene rings is 2. The molecule has 0 unspecified atom stereocenters. The van der Waals surface area contributed by atoms with Crippen LogP contribution in [0.1, 0.15) is 40.9 Å². The van der Waals surface area contributed by atoms with E-state index in [9.17, 15) is 9.59 Å². The van der Waals surface area contributed by atoms with Gasteiger partial charge in [-0.3, -0.25) is 9.59 Å². The molecule has 1 aliphatic rings. The molecule has 2 amide bonds. The van der Waals surface area contributed by atoms with Crippen molar-refractivity contribution in [1.29, 1.82) is 0 Å². The molecule has 2 aromatic rings. The Kier molecular flexibility index (Phi) is 4.65. The Balaban J connectivity index is 1.74. The van der Waals surface area contributed by atoms with Crippen molar-refractivity contribution in [3.63, 3.8) is 0 Å². The molecular weight excluding hydrogens is 300 g/mol. The van der Waals surface area contributed by atoms with E-state index in [1.807, 2.05) is 47.4 Å². The average molecular weight is 322 g/mol. The highest BCUT2D eigenvalue weighted by molar-refractivity contribution is 6.04. The molecule has 4 nitrogen and oxygen atoms in total. The second kappa shape index (κ2) is 6.87. The van der Waals surface area contributed by atoms with E-state index in [1.54, 1.807) is 6.92 Å². The Labute approximate surface area is 142 Å². The zero-order chi connectivity index (χ0) is 17.1. The van der Waals surface area contributed by atoms with Gasteiger partial charge in [-0.05, 0) is 53.8 Å². The molecule has 0 atom stereocenters. The predicted octanol–water partition coefficient (Wildman–Crippen LogP) is 3.41. The zero-order valence-electron chi connectivity index (χ0n) is 14.1. The summed E-state index contributed by atoms with van der Waals surface area (Å²) in [5.74, 6) is -0.0251. The normalized spacial score (nSPS) is 13.3. The maximum Gasteiger partial charge on any atom is 0.255 e. The molecule has 4 heteroatoms. The fourth-order valence-corrected chi connectivity index (χ4v) is 3.00. The molecule has 0 saturated heterocycles. The number of anilines is 1. The summed E-state index contributed by atoms with van der Waals surface area (Å²) in [5, 5.41) is 2.95. The molecule has 1 aliphatic heterocycles. The SMILES string of the molecule is CCc1ccc(C(=O)Nc2ccc3c(c2)CN(C(C)=O)CC3)cc1. The van der Waals surface area contributed by atoms with E-state index in [1.165, 1.54) is 11.1 Å². The lowest BCUT2D eigenvalue weighted by molar-refractivity contribution is -0.129. The molecule has 0 aliphatic carbocycles. The second-order valence-corrected chi connectivity index (χ2v) is 6.18. The molecule has 0 saturated carbocycles. The van der Waals surface area contributed by atoms with Crippen molar-refractivity contribution in [2.75, 3.05) is 11.9 Å². The van der Waals surface area contributed by atoms with Crippen molar-refractivity contribution in [2.45, 2.75) is 33.2 Å². The standard InChI is InChI=1S/C20H22N2O2/c1-3-15-4-6-17(7-5-15)20(24)21-19-9-8-16-10-11-22(14(2)23)13-18(16)12-19/h4-9,12H,3,10-11,13H2,1-2H3,(H,21,24). The van der Waals surface area contributed by atoms with Gasteiger partial charge in [-0.1, -0.05) is 25.1 Å². The molecular formula is C20H22N2O2. The smallest absolute Gasteiger partial charge is 0.255 e. The minimum Gasteiger partial charge on any atom is -0.338 e. The Morgan fingerprint density at radius 3 is 2.50 bits per heavy atom. The monoisotopic (exact) mass is 322 g/mol. The largest absolute Gasteiger partial charge is 0.338 e. The van der Waals surface area contributed by atoms with E-state index >= 15 is 0 Å². The summed E-state index contributed by atoms with van der Waals surface area (Å²) in [6.45, 7) is 5.06. The molecule has 2 aromatic carbocycles. The molecule has 0 spiro atoms. The van der Waals surface area contributed by atoms with Gasteiger partial charge >= 0.3 is 0 Å². The Hall–Kier alpha value is -2.62. The summed E-state index contributed by atoms with van der Waals surface area (Å²) in [5.41, 5.74) is 4.98. The van der Waals surface area contributed by atoms with Gasteiger partial charge in [0.25, 0.3) is 5.91 Å². The van der Waals surface area contributed by atoms with E-state index < -0.39 is 0 Å². The number of hydrogen-bond acceptors (Lipinski definition) is 2. The lowest BCUT2D eigenvalue weighted by Gasteiger charge is -2.28. The lowest BCUT2D eigenvalue weighted by atomic mass is 9.99. The molecule has 0 aromatic heterocycles. The van der Waals surface area contributed by atoms with Crippen molar-refractivity contribution in [3.05, 3.63) is 64.7 Å². The van der Waals surface area contributed by atoms with Gasteiger partial charge in [0, 0.05) is 31.3 Å². The number of carbonyl (C=O) groups is 2. The first-order valence-corrected chi connectivity index (χ1v) is 8.34. The topological polar surface area (TPSA) is 49.4 Å². The van der Waals surface area contributed by atoms with Gasteiger partial charge in [0.15, 0.2) is 0 Å². The summed E-state index contributed by atoms with van der Waals surface area (Å²) in [4.78, 5) is 25.8. The maximum absolute atomic E-state index is 12.4. The third-order valence-corrected chi connectivity index (χ3v) is 4.55. The maximum atomic E-state index is 12.4. The minimum absolute atomic E-state index is 0.0890. The highest BCUT2D eigenvalue weighted by Crippen LogP contribution is 2.23. The molecule has 0 fully saturated rings. The number of amides is 2. The number of fused-ring (bicyclic) bond motifs is 1. The Bertz CT molecular complexity index is 766. The average Bonchev–Trinajstić information content (AvgIpc) is 2.61. The van der Waals surface area contributed by atoms with Crippen LogP contribution < -0.4 is 5.32 Å². The van der Waals surface area contributed by atoms with E-state index in [0.717, 1.165) is 30.6 Å². The number of nitrogens with one attached hydrogen (secondary N) is 1. The highest BCUT2D eigenvalue weighted by atomic mass is 16.2. The van der Waals surface area contributed by atoms with E-state index in [-0.39, 0.29) is 11.8 Å². The highest BCUT2D eigenvalue weighted by Gasteiger charge is 2.18. The third-order valence-electron chi connectivity index (χ3n) is 4.55. The van der Waals surface area contributed by atoms with E-state index in [4.69, 9.17) is 0 Å². The van der Waals surface area contributed by atoms with Crippen LogP contribution in [-0.4, -0.2) is 23.3 Å². The summed E-state index contributed by atoms with van der Waals surface area (Å²) in [6.07, 6.45) is 1.82. The van der Waals surface area contributed by atoms with Crippen LogP contribution in [0.4, 0.5) is 5.69 Å². The zero-order valence-corrected chi connectivity index (χ0v) is 14.1. The summed E-state index contributed by atoms with van der Waals surface area (Å²) in [7, 11) is 0. The van der Waals surface area contributed by atoms with Gasteiger partial charge in [-0.2, -0.15) is 0 Å². The number of nitrogens with zero attached hydrogens (tertiary/aromatic N) is 1. The second-order valence-electron chi connectivity index (χ2n) is 6.18. The molecule has 3 rings (SSSR count). The number of hydrogen-bond donors (Lipinski definition) is 1. The lowest BCUT2D eigenvalue weighted by Crippen LogP contribution is -2.34. The van der Waals surface area contributed by atoms with Crippen molar-refractivity contribution in [3.8, 4) is 0 Å². The predicted molar refractivity (Wildman–Crippen MR) is 95.0 cm³/mol. The van der Waals surface area contributed by atoms with Crippen molar-refractivity contribution in [2.24, 2.45) is 0 Å². The first-order valence-electron chi connectivity index (χ1n) is 8.34. The molecule has 0 bridgehead atoms. The first kappa shape index (κ1) is 16.2. The molecule has 1 heterocycles. The molecule has 1 N–H and O–H groups in total. The molecule has 0 radical (unpaired) electrons. The third kappa shape index (κ3) is 3.48. The Morgan fingerprint density at radius 2 is 1.83 bits per heavy atom. The van der Waals surface area contributed by atoms with Gasteiger partial charge in [0.2, 0.25) is 5.91 Å². The van der Waals surface area contributed by atoms with Crippen LogP contribution >= 0.6 is 0 Å². The quantitative estimate of drug-likeness (QED) is 0.941. The van der Waals surface area contributed by atoms with Crippen LogP contribution in [-0.2, 0) is 24.2 Å². The number of carbonyl (C=O) groups excluding carboxylic acids is 2. The Morgan fingerprint density at radius 1 is 1.08 bits per heavy atom. The molecule has 24 heavy (non-hydrogen) atoms. The summed E-state index contributed by atoms with van der Waals surface area (Å²) < 4.78 is 0. The van der Waals surface area contributed by atoms with Crippen LogP contribution in [0, 0.1) is 0 Å². The van der Waals surface area contributed by atoms with Crippen LogP contribution in [0.3, 0.4) is 0 Å². The fraction of sp³-hybridized carbons (Fsp3) is 0.300. The van der Waals surface area contributed by atoms with Crippen LogP contribution in [0.25, 0.3) is 0 Å². The van der Waals surface area contributed by atoms with Gasteiger partial charge in [0.05, 0.1) is 0 Å². The van der Waals surface area contributed by atoms with E-state index in [2.05, 4.69) is 12.2 Å². The minimum atomic E-state index is -0.114. The fourth-order valence-electron chi connectivity index (χ4n) is 3.00. The van der Waals surface area contributed by atoms with Crippen molar-refractivity contribution in [1.82, 2.24) is 4.90 Å². The van der Waals surface area contributed by atoms with Gasteiger partial charge in [-0.25, -0.2) is 0 Å². The van der Waals surface area contributed by atoms with Gasteiger partial charge in [-0.15, -0.1) is 0 Å². The first-order chi connectivity index (χ1) is 11.6. The number of rotatable bonds is 3. The summed E-state index contributed by atoms with van der Waals surface area (Å²) >= 11 is 0. The van der Waals surface area contributed by atoms with Crippen LogP contribution in [0.5, 0.6) is 0 Å². The molecule has 124 valence electrons. The number of aryl methyl sites for hydroxylation is 1. The van der Waals surface area contributed by atoms with E-state index in [0.29, 0.717) is 12.1 Å². The van der Waals surface area contributed by atoms with Crippen LogP contribution in [0.15, 0.2) is 42.5 Å². The summed E-state index contributed by atoms with van der Waals surface area (Å²) in [6, 6.07) is 13.6. The van der Waals surface area contributed by atoms with Crippen LogP contribution in [0.2, 0.25) is 0 Å².